The molecule has 1 aromatic rings. The second kappa shape index (κ2) is 8.65. The largest absolute Gasteiger partial charge is 0.496 e. The van der Waals surface area contributed by atoms with Crippen LogP contribution < -0.4 is 10.1 Å². The summed E-state index contributed by atoms with van der Waals surface area (Å²) < 4.78 is 6.26. The summed E-state index contributed by atoms with van der Waals surface area (Å²) in [7, 11) is 5.94. The van der Waals surface area contributed by atoms with E-state index < -0.39 is 0 Å². The molecule has 1 atom stereocenters. The number of rotatable bonds is 8. The highest BCUT2D eigenvalue weighted by Crippen LogP contribution is 2.25. The molecular formula is C16H27BrN2O. The van der Waals surface area contributed by atoms with Crippen LogP contribution in [0.5, 0.6) is 5.75 Å². The lowest BCUT2D eigenvalue weighted by molar-refractivity contribution is 0.305. The zero-order valence-electron chi connectivity index (χ0n) is 13.2. The first-order valence-electron chi connectivity index (χ1n) is 7.13. The molecule has 20 heavy (non-hydrogen) atoms. The fourth-order valence-electron chi connectivity index (χ4n) is 2.31. The average Bonchev–Trinajstić information content (AvgIpc) is 2.34. The molecule has 0 aliphatic heterocycles. The standard InChI is InChI=1S/C16H27BrN2O/c1-12(2)8-14(11-19(3)4)18-10-13-6-7-16(20-5)15(17)9-13/h6-7,9,12,14,18H,8,10-11H2,1-5H3. The Morgan fingerprint density at radius 2 is 2.00 bits per heavy atom. The van der Waals surface area contributed by atoms with Crippen molar-refractivity contribution in [1.82, 2.24) is 10.2 Å². The molecule has 4 heteroatoms. The number of benzene rings is 1. The van der Waals surface area contributed by atoms with Crippen LogP contribution in [-0.4, -0.2) is 38.7 Å². The van der Waals surface area contributed by atoms with E-state index in [9.17, 15) is 0 Å². The van der Waals surface area contributed by atoms with Crippen molar-refractivity contribution < 1.29 is 4.74 Å². The average molecular weight is 343 g/mol. The Labute approximate surface area is 131 Å². The van der Waals surface area contributed by atoms with Crippen molar-refractivity contribution >= 4 is 15.9 Å². The first-order chi connectivity index (χ1) is 9.42. The van der Waals surface area contributed by atoms with Crippen LogP contribution in [0.2, 0.25) is 0 Å². The molecule has 1 N–H and O–H groups in total. The van der Waals surface area contributed by atoms with Gasteiger partial charge in [-0.2, -0.15) is 0 Å². The fraction of sp³-hybridized carbons (Fsp3) is 0.625. The monoisotopic (exact) mass is 342 g/mol. The van der Waals surface area contributed by atoms with Gasteiger partial charge in [-0.3, -0.25) is 0 Å². The number of hydrogen-bond donors (Lipinski definition) is 1. The van der Waals surface area contributed by atoms with Gasteiger partial charge in [0, 0.05) is 19.1 Å². The molecule has 114 valence electrons. The van der Waals surface area contributed by atoms with E-state index in [1.54, 1.807) is 7.11 Å². The zero-order valence-corrected chi connectivity index (χ0v) is 14.8. The van der Waals surface area contributed by atoms with Crippen molar-refractivity contribution in [3.8, 4) is 5.75 Å². The van der Waals surface area contributed by atoms with E-state index in [4.69, 9.17) is 4.74 Å². The zero-order chi connectivity index (χ0) is 15.1. The van der Waals surface area contributed by atoms with Crippen molar-refractivity contribution in [1.29, 1.82) is 0 Å². The molecule has 0 aliphatic carbocycles. The van der Waals surface area contributed by atoms with Crippen molar-refractivity contribution in [2.45, 2.75) is 32.9 Å². The van der Waals surface area contributed by atoms with E-state index >= 15 is 0 Å². The Hall–Kier alpha value is -0.580. The summed E-state index contributed by atoms with van der Waals surface area (Å²) >= 11 is 3.53. The Kier molecular flexibility index (Phi) is 7.56. The second-order valence-electron chi connectivity index (χ2n) is 5.94. The van der Waals surface area contributed by atoms with Crippen LogP contribution in [0.15, 0.2) is 22.7 Å². The van der Waals surface area contributed by atoms with Gasteiger partial charge in [-0.25, -0.2) is 0 Å². The summed E-state index contributed by atoms with van der Waals surface area (Å²) in [5.41, 5.74) is 1.27. The van der Waals surface area contributed by atoms with E-state index in [0.29, 0.717) is 12.0 Å². The van der Waals surface area contributed by atoms with Gasteiger partial charge in [0.25, 0.3) is 0 Å². The van der Waals surface area contributed by atoms with E-state index in [0.717, 1.165) is 23.3 Å². The number of halogens is 1. The first-order valence-corrected chi connectivity index (χ1v) is 7.92. The molecule has 0 saturated heterocycles. The molecular weight excluding hydrogens is 316 g/mol. The third-order valence-corrected chi connectivity index (χ3v) is 3.77. The summed E-state index contributed by atoms with van der Waals surface area (Å²) in [5, 5.41) is 3.66. The number of nitrogens with one attached hydrogen (secondary N) is 1. The van der Waals surface area contributed by atoms with Crippen LogP contribution in [0.25, 0.3) is 0 Å². The van der Waals surface area contributed by atoms with Crippen LogP contribution in [0.1, 0.15) is 25.8 Å². The normalized spacial score (nSPS) is 13.0. The second-order valence-corrected chi connectivity index (χ2v) is 6.79. The predicted molar refractivity (Wildman–Crippen MR) is 89.3 cm³/mol. The fourth-order valence-corrected chi connectivity index (χ4v) is 2.90. The quantitative estimate of drug-likeness (QED) is 0.782. The van der Waals surface area contributed by atoms with E-state index in [1.807, 2.05) is 6.07 Å². The van der Waals surface area contributed by atoms with Gasteiger partial charge in [-0.15, -0.1) is 0 Å². The van der Waals surface area contributed by atoms with Crippen LogP contribution >= 0.6 is 15.9 Å². The maximum Gasteiger partial charge on any atom is 0.133 e. The maximum atomic E-state index is 5.26. The topological polar surface area (TPSA) is 24.5 Å². The lowest BCUT2D eigenvalue weighted by atomic mass is 10.0. The number of hydrogen-bond acceptors (Lipinski definition) is 3. The molecule has 0 fully saturated rings. The van der Waals surface area contributed by atoms with E-state index in [1.165, 1.54) is 12.0 Å². The minimum Gasteiger partial charge on any atom is -0.496 e. The molecule has 1 aromatic carbocycles. The molecule has 0 aromatic heterocycles. The molecule has 1 unspecified atom stereocenters. The summed E-state index contributed by atoms with van der Waals surface area (Å²) in [6.07, 6.45) is 1.19. The van der Waals surface area contributed by atoms with Gasteiger partial charge >= 0.3 is 0 Å². The third-order valence-electron chi connectivity index (χ3n) is 3.15. The molecule has 0 saturated carbocycles. The summed E-state index contributed by atoms with van der Waals surface area (Å²) in [6, 6.07) is 6.75. The highest BCUT2D eigenvalue weighted by Gasteiger charge is 2.12. The lowest BCUT2D eigenvalue weighted by Crippen LogP contribution is -2.38. The Morgan fingerprint density at radius 1 is 1.30 bits per heavy atom. The third kappa shape index (κ3) is 6.25. The smallest absolute Gasteiger partial charge is 0.133 e. The maximum absolute atomic E-state index is 5.26. The molecule has 0 aliphatic rings. The van der Waals surface area contributed by atoms with E-state index in [2.05, 4.69) is 66.2 Å². The summed E-state index contributed by atoms with van der Waals surface area (Å²) in [6.45, 7) is 6.49. The van der Waals surface area contributed by atoms with Gasteiger partial charge in [-0.1, -0.05) is 19.9 Å². The molecule has 1 rings (SSSR count). The molecule has 0 heterocycles. The highest BCUT2D eigenvalue weighted by atomic mass is 79.9. The van der Waals surface area contributed by atoms with Crippen LogP contribution in [0.4, 0.5) is 0 Å². The number of nitrogens with zero attached hydrogens (tertiary/aromatic N) is 1. The van der Waals surface area contributed by atoms with Crippen molar-refractivity contribution in [2.24, 2.45) is 5.92 Å². The Bertz CT molecular complexity index is 397. The highest BCUT2D eigenvalue weighted by molar-refractivity contribution is 9.10. The van der Waals surface area contributed by atoms with Gasteiger partial charge in [0.1, 0.15) is 5.75 Å². The molecule has 3 nitrogen and oxygen atoms in total. The lowest BCUT2D eigenvalue weighted by Gasteiger charge is -2.24. The van der Waals surface area contributed by atoms with Gasteiger partial charge in [-0.05, 0) is 60.1 Å². The van der Waals surface area contributed by atoms with Gasteiger partial charge in [0.05, 0.1) is 11.6 Å². The summed E-state index contributed by atoms with van der Waals surface area (Å²) in [4.78, 5) is 2.24. The van der Waals surface area contributed by atoms with Gasteiger partial charge in [0.15, 0.2) is 0 Å². The Balaban J connectivity index is 2.59. The number of likely N-dealkylation sites (N-methyl/N-ethyl adjacent to an activating group) is 1. The minimum absolute atomic E-state index is 0.519. The summed E-state index contributed by atoms with van der Waals surface area (Å²) in [5.74, 6) is 1.58. The van der Waals surface area contributed by atoms with Gasteiger partial charge in [0.2, 0.25) is 0 Å². The van der Waals surface area contributed by atoms with Crippen LogP contribution in [0.3, 0.4) is 0 Å². The van der Waals surface area contributed by atoms with E-state index in [-0.39, 0.29) is 0 Å². The van der Waals surface area contributed by atoms with Crippen molar-refractivity contribution in [2.75, 3.05) is 27.7 Å². The van der Waals surface area contributed by atoms with Gasteiger partial charge < -0.3 is 15.0 Å². The van der Waals surface area contributed by atoms with Crippen LogP contribution in [-0.2, 0) is 6.54 Å². The SMILES string of the molecule is COc1ccc(CNC(CC(C)C)CN(C)C)cc1Br. The number of ether oxygens (including phenoxy) is 1. The minimum atomic E-state index is 0.519. The first kappa shape index (κ1) is 17.5. The van der Waals surface area contributed by atoms with Crippen LogP contribution in [0, 0.1) is 5.92 Å². The molecule has 0 spiro atoms. The van der Waals surface area contributed by atoms with Crippen molar-refractivity contribution in [3.05, 3.63) is 28.2 Å². The number of methoxy groups -OCH3 is 1. The Morgan fingerprint density at radius 3 is 2.50 bits per heavy atom. The predicted octanol–water partition coefficient (Wildman–Crippen LogP) is 3.52. The van der Waals surface area contributed by atoms with Crippen molar-refractivity contribution in [3.63, 3.8) is 0 Å². The molecule has 0 radical (unpaired) electrons. The molecule has 0 amide bonds. The molecule has 0 bridgehead atoms.